The van der Waals surface area contributed by atoms with Crippen molar-refractivity contribution >= 4 is 22.6 Å². The number of aliphatic carboxylic acids is 1. The van der Waals surface area contributed by atoms with Crippen LogP contribution in [0.1, 0.15) is 18.2 Å². The molecular weight excluding hydrogens is 228 g/mol. The highest BCUT2D eigenvalue weighted by Gasteiger charge is 2.14. The molecule has 0 atom stereocenters. The maximum atomic E-state index is 11.0. The van der Waals surface area contributed by atoms with E-state index in [4.69, 9.17) is 5.11 Å². The standard InChI is InChI=1S/C14H16N2O2/c1-3-15-14-10-6-4-5-7-12(10)16-9(2)11(14)8-13(17)18/h4-7H,3,8H2,1-2H3,(H,15,16)(H,17,18). The zero-order valence-electron chi connectivity index (χ0n) is 10.5. The van der Waals surface area contributed by atoms with Crippen LogP contribution < -0.4 is 5.32 Å². The molecule has 0 aliphatic rings. The molecule has 4 nitrogen and oxygen atoms in total. The lowest BCUT2D eigenvalue weighted by atomic mass is 10.0. The normalized spacial score (nSPS) is 10.6. The van der Waals surface area contributed by atoms with E-state index in [9.17, 15) is 4.79 Å². The van der Waals surface area contributed by atoms with Crippen LogP contribution in [0, 0.1) is 6.92 Å². The van der Waals surface area contributed by atoms with E-state index in [1.54, 1.807) is 0 Å². The van der Waals surface area contributed by atoms with Crippen LogP contribution in [0.5, 0.6) is 0 Å². The number of hydrogen-bond donors (Lipinski definition) is 2. The van der Waals surface area contributed by atoms with Gasteiger partial charge in [-0.05, 0) is 19.9 Å². The molecule has 0 saturated carbocycles. The Kier molecular flexibility index (Phi) is 3.46. The number of hydrogen-bond acceptors (Lipinski definition) is 3. The maximum absolute atomic E-state index is 11.0. The summed E-state index contributed by atoms with van der Waals surface area (Å²) in [7, 11) is 0. The third-order valence-corrected chi connectivity index (χ3v) is 2.88. The number of anilines is 1. The Bertz CT molecular complexity index is 594. The van der Waals surface area contributed by atoms with Gasteiger partial charge < -0.3 is 10.4 Å². The van der Waals surface area contributed by atoms with Crippen LogP contribution in [0.4, 0.5) is 5.69 Å². The molecule has 0 amide bonds. The molecule has 94 valence electrons. The molecule has 0 radical (unpaired) electrons. The van der Waals surface area contributed by atoms with Crippen LogP contribution in [0.25, 0.3) is 10.9 Å². The number of fused-ring (bicyclic) bond motifs is 1. The van der Waals surface area contributed by atoms with Crippen LogP contribution in [0.15, 0.2) is 24.3 Å². The number of pyridine rings is 1. The number of rotatable bonds is 4. The number of para-hydroxylation sites is 1. The SMILES string of the molecule is CCNc1c(CC(=O)O)c(C)nc2ccccc12. The first-order valence-electron chi connectivity index (χ1n) is 5.97. The highest BCUT2D eigenvalue weighted by atomic mass is 16.4. The number of benzene rings is 1. The number of nitrogens with one attached hydrogen (secondary N) is 1. The lowest BCUT2D eigenvalue weighted by Crippen LogP contribution is -2.09. The topological polar surface area (TPSA) is 62.2 Å². The molecule has 1 aromatic heterocycles. The number of nitrogens with zero attached hydrogens (tertiary/aromatic N) is 1. The van der Waals surface area contributed by atoms with Crippen molar-refractivity contribution in [3.05, 3.63) is 35.5 Å². The van der Waals surface area contributed by atoms with Crippen molar-refractivity contribution in [2.75, 3.05) is 11.9 Å². The second-order valence-corrected chi connectivity index (χ2v) is 4.17. The van der Waals surface area contributed by atoms with Crippen molar-refractivity contribution in [2.45, 2.75) is 20.3 Å². The molecule has 1 heterocycles. The Morgan fingerprint density at radius 2 is 2.11 bits per heavy atom. The van der Waals surface area contributed by atoms with Crippen molar-refractivity contribution < 1.29 is 9.90 Å². The van der Waals surface area contributed by atoms with Gasteiger partial charge in [0.2, 0.25) is 0 Å². The first-order chi connectivity index (χ1) is 8.63. The van der Waals surface area contributed by atoms with Gasteiger partial charge in [-0.15, -0.1) is 0 Å². The molecule has 2 rings (SSSR count). The summed E-state index contributed by atoms with van der Waals surface area (Å²) in [6.07, 6.45) is -0.00794. The van der Waals surface area contributed by atoms with Gasteiger partial charge in [0.05, 0.1) is 11.9 Å². The van der Waals surface area contributed by atoms with E-state index in [2.05, 4.69) is 10.3 Å². The second kappa shape index (κ2) is 5.04. The van der Waals surface area contributed by atoms with Gasteiger partial charge in [-0.3, -0.25) is 9.78 Å². The fraction of sp³-hybridized carbons (Fsp3) is 0.286. The molecule has 18 heavy (non-hydrogen) atoms. The van der Waals surface area contributed by atoms with Crippen molar-refractivity contribution in [1.82, 2.24) is 4.98 Å². The van der Waals surface area contributed by atoms with E-state index in [0.29, 0.717) is 0 Å². The quantitative estimate of drug-likeness (QED) is 0.867. The van der Waals surface area contributed by atoms with E-state index >= 15 is 0 Å². The van der Waals surface area contributed by atoms with Crippen molar-refractivity contribution in [3.63, 3.8) is 0 Å². The minimum Gasteiger partial charge on any atom is -0.481 e. The third-order valence-electron chi connectivity index (χ3n) is 2.88. The number of aryl methyl sites for hydroxylation is 1. The molecule has 0 unspecified atom stereocenters. The summed E-state index contributed by atoms with van der Waals surface area (Å²) in [6.45, 7) is 4.60. The fourth-order valence-electron chi connectivity index (χ4n) is 2.12. The second-order valence-electron chi connectivity index (χ2n) is 4.17. The fourth-order valence-corrected chi connectivity index (χ4v) is 2.12. The summed E-state index contributed by atoms with van der Waals surface area (Å²) < 4.78 is 0. The van der Waals surface area contributed by atoms with Gasteiger partial charge in [0.25, 0.3) is 0 Å². The summed E-state index contributed by atoms with van der Waals surface area (Å²) in [5.74, 6) is -0.839. The van der Waals surface area contributed by atoms with Crippen LogP contribution in [-0.2, 0) is 11.2 Å². The zero-order chi connectivity index (χ0) is 13.1. The van der Waals surface area contributed by atoms with Gasteiger partial charge >= 0.3 is 5.97 Å². The largest absolute Gasteiger partial charge is 0.481 e. The molecule has 0 saturated heterocycles. The lowest BCUT2D eigenvalue weighted by molar-refractivity contribution is -0.136. The summed E-state index contributed by atoms with van der Waals surface area (Å²) in [5, 5.41) is 13.2. The van der Waals surface area contributed by atoms with Crippen molar-refractivity contribution in [2.24, 2.45) is 0 Å². The van der Waals surface area contributed by atoms with Crippen LogP contribution in [0.3, 0.4) is 0 Å². The van der Waals surface area contributed by atoms with E-state index in [1.807, 2.05) is 38.1 Å². The molecule has 1 aromatic carbocycles. The lowest BCUT2D eigenvalue weighted by Gasteiger charge is -2.15. The van der Waals surface area contributed by atoms with Gasteiger partial charge in [-0.25, -0.2) is 0 Å². The summed E-state index contributed by atoms with van der Waals surface area (Å²) in [4.78, 5) is 15.4. The van der Waals surface area contributed by atoms with Crippen LogP contribution in [0.2, 0.25) is 0 Å². The summed E-state index contributed by atoms with van der Waals surface area (Å²) in [5.41, 5.74) is 3.32. The van der Waals surface area contributed by atoms with Gasteiger partial charge in [0.1, 0.15) is 0 Å². The third kappa shape index (κ3) is 2.27. The number of carboxylic acids is 1. The van der Waals surface area contributed by atoms with Crippen molar-refractivity contribution in [1.29, 1.82) is 0 Å². The van der Waals surface area contributed by atoms with Gasteiger partial charge in [-0.2, -0.15) is 0 Å². The Balaban J connectivity index is 2.70. The predicted molar refractivity (Wildman–Crippen MR) is 72.0 cm³/mol. The maximum Gasteiger partial charge on any atom is 0.307 e. The molecule has 2 N–H and O–H groups in total. The minimum atomic E-state index is -0.839. The monoisotopic (exact) mass is 244 g/mol. The summed E-state index contributed by atoms with van der Waals surface area (Å²) >= 11 is 0. The van der Waals surface area contributed by atoms with Gasteiger partial charge in [-0.1, -0.05) is 18.2 Å². The number of carbonyl (C=O) groups is 1. The average molecular weight is 244 g/mol. The summed E-state index contributed by atoms with van der Waals surface area (Å²) in [6, 6.07) is 7.77. The molecule has 0 fully saturated rings. The van der Waals surface area contributed by atoms with Crippen LogP contribution in [-0.4, -0.2) is 22.6 Å². The average Bonchev–Trinajstić information content (AvgIpc) is 2.33. The Hall–Kier alpha value is -2.10. The molecule has 0 spiro atoms. The Morgan fingerprint density at radius 3 is 2.78 bits per heavy atom. The highest BCUT2D eigenvalue weighted by Crippen LogP contribution is 2.28. The Labute approximate surface area is 106 Å². The molecule has 0 aliphatic carbocycles. The van der Waals surface area contributed by atoms with E-state index in [-0.39, 0.29) is 6.42 Å². The Morgan fingerprint density at radius 1 is 1.39 bits per heavy atom. The minimum absolute atomic E-state index is 0.00794. The van der Waals surface area contributed by atoms with E-state index in [1.165, 1.54) is 0 Å². The van der Waals surface area contributed by atoms with Crippen molar-refractivity contribution in [3.8, 4) is 0 Å². The zero-order valence-corrected chi connectivity index (χ0v) is 10.5. The van der Waals surface area contributed by atoms with Gasteiger partial charge in [0, 0.05) is 28.9 Å². The van der Waals surface area contributed by atoms with Gasteiger partial charge in [0.15, 0.2) is 0 Å². The molecule has 2 aromatic rings. The predicted octanol–water partition coefficient (Wildman–Crippen LogP) is 2.60. The smallest absolute Gasteiger partial charge is 0.307 e. The molecule has 0 aliphatic heterocycles. The van der Waals surface area contributed by atoms with E-state index < -0.39 is 5.97 Å². The number of carboxylic acid groups (broad SMARTS) is 1. The first-order valence-corrected chi connectivity index (χ1v) is 5.97. The number of aromatic nitrogens is 1. The molecule has 4 heteroatoms. The highest BCUT2D eigenvalue weighted by molar-refractivity contribution is 5.94. The first kappa shape index (κ1) is 12.4. The molecule has 0 bridgehead atoms. The molecular formula is C14H16N2O2. The van der Waals surface area contributed by atoms with E-state index in [0.717, 1.165) is 34.4 Å². The van der Waals surface area contributed by atoms with Crippen LogP contribution >= 0.6 is 0 Å².